The second-order valence-corrected chi connectivity index (χ2v) is 7.68. The molecule has 1 aliphatic heterocycles. The van der Waals surface area contributed by atoms with Crippen LogP contribution in [0.4, 0.5) is 0 Å². The number of hydrogen-bond donors (Lipinski definition) is 0. The maximum Gasteiger partial charge on any atom is 0.226 e. The van der Waals surface area contributed by atoms with Crippen LogP contribution < -0.4 is 0 Å². The van der Waals surface area contributed by atoms with Crippen molar-refractivity contribution in [3.63, 3.8) is 0 Å². The van der Waals surface area contributed by atoms with E-state index in [9.17, 15) is 4.79 Å². The number of aryl methyl sites for hydroxylation is 2. The maximum atomic E-state index is 12.6. The molecule has 1 saturated heterocycles. The number of amides is 1. The van der Waals surface area contributed by atoms with Crippen LogP contribution in [-0.2, 0) is 24.7 Å². The van der Waals surface area contributed by atoms with Gasteiger partial charge in [-0.2, -0.15) is 4.98 Å². The Morgan fingerprint density at radius 2 is 2.23 bits per heavy atom. The lowest BCUT2D eigenvalue weighted by molar-refractivity contribution is -0.133. The molecule has 0 N–H and O–H groups in total. The zero-order chi connectivity index (χ0) is 17.9. The molecule has 2 aromatic rings. The fourth-order valence-electron chi connectivity index (χ4n) is 3.74. The number of nitrogens with zero attached hydrogens (tertiary/aromatic N) is 5. The van der Waals surface area contributed by atoms with Crippen LogP contribution >= 0.6 is 0 Å². The third-order valence-corrected chi connectivity index (χ3v) is 5.47. The minimum atomic E-state index is 0.247. The summed E-state index contributed by atoms with van der Waals surface area (Å²) in [5.41, 5.74) is 0. The van der Waals surface area contributed by atoms with Gasteiger partial charge in [-0.05, 0) is 38.0 Å². The molecule has 7 heteroatoms. The van der Waals surface area contributed by atoms with Crippen molar-refractivity contribution in [3.8, 4) is 0 Å². The van der Waals surface area contributed by atoms with Crippen LogP contribution in [-0.4, -0.2) is 43.6 Å². The molecule has 0 spiro atoms. The Hall–Kier alpha value is -2.18. The summed E-state index contributed by atoms with van der Waals surface area (Å²) in [6.07, 6.45) is 11.4. The molecule has 4 rings (SSSR count). The van der Waals surface area contributed by atoms with Crippen molar-refractivity contribution in [3.05, 3.63) is 29.9 Å². The molecule has 3 heterocycles. The highest BCUT2D eigenvalue weighted by molar-refractivity contribution is 5.76. The monoisotopic (exact) mass is 357 g/mol. The van der Waals surface area contributed by atoms with Crippen LogP contribution in [0.2, 0.25) is 0 Å². The molecule has 1 amide bonds. The van der Waals surface area contributed by atoms with E-state index in [2.05, 4.69) is 19.7 Å². The van der Waals surface area contributed by atoms with E-state index < -0.39 is 0 Å². The van der Waals surface area contributed by atoms with Crippen LogP contribution in [0, 0.1) is 5.92 Å². The van der Waals surface area contributed by atoms with Gasteiger partial charge in [0.05, 0.1) is 0 Å². The van der Waals surface area contributed by atoms with Gasteiger partial charge in [-0.25, -0.2) is 4.98 Å². The molecule has 7 nitrogen and oxygen atoms in total. The van der Waals surface area contributed by atoms with E-state index in [4.69, 9.17) is 4.52 Å². The molecule has 140 valence electrons. The number of likely N-dealkylation sites (tertiary alicyclic amines) is 1. The number of carbonyl (C=O) groups is 1. The van der Waals surface area contributed by atoms with E-state index in [1.165, 1.54) is 19.3 Å². The molecule has 0 aromatic carbocycles. The first-order valence-electron chi connectivity index (χ1n) is 9.75. The maximum absolute atomic E-state index is 12.6. The summed E-state index contributed by atoms with van der Waals surface area (Å²) in [5, 5.41) is 4.03. The first kappa shape index (κ1) is 17.2. The quantitative estimate of drug-likeness (QED) is 0.761. The topological polar surface area (TPSA) is 77.1 Å². The van der Waals surface area contributed by atoms with Crippen LogP contribution in [0.25, 0.3) is 0 Å². The Morgan fingerprint density at radius 1 is 1.35 bits per heavy atom. The second kappa shape index (κ2) is 7.60. The van der Waals surface area contributed by atoms with E-state index in [1.807, 2.05) is 24.3 Å². The summed E-state index contributed by atoms with van der Waals surface area (Å²) in [7, 11) is 2.03. The fraction of sp³-hybridized carbons (Fsp3) is 0.684. The number of piperidine rings is 1. The highest BCUT2D eigenvalue weighted by Crippen LogP contribution is 2.38. The Kier molecular flexibility index (Phi) is 5.04. The van der Waals surface area contributed by atoms with Gasteiger partial charge < -0.3 is 14.0 Å². The zero-order valence-electron chi connectivity index (χ0n) is 15.4. The van der Waals surface area contributed by atoms with Gasteiger partial charge in [0.25, 0.3) is 0 Å². The van der Waals surface area contributed by atoms with Gasteiger partial charge in [-0.1, -0.05) is 5.16 Å². The highest BCUT2D eigenvalue weighted by atomic mass is 16.5. The Morgan fingerprint density at radius 3 is 3.00 bits per heavy atom. The first-order valence-corrected chi connectivity index (χ1v) is 9.75. The lowest BCUT2D eigenvalue weighted by Gasteiger charge is -2.32. The third kappa shape index (κ3) is 4.14. The summed E-state index contributed by atoms with van der Waals surface area (Å²) >= 11 is 0. The van der Waals surface area contributed by atoms with Crippen molar-refractivity contribution in [1.29, 1.82) is 0 Å². The minimum Gasteiger partial charge on any atom is -0.342 e. The molecule has 2 fully saturated rings. The molecule has 1 saturated carbocycles. The van der Waals surface area contributed by atoms with E-state index >= 15 is 0 Å². The van der Waals surface area contributed by atoms with Gasteiger partial charge in [0.15, 0.2) is 5.82 Å². The molecule has 1 aliphatic carbocycles. The summed E-state index contributed by atoms with van der Waals surface area (Å²) in [6.45, 7) is 1.72. The summed E-state index contributed by atoms with van der Waals surface area (Å²) in [4.78, 5) is 23.4. The van der Waals surface area contributed by atoms with Gasteiger partial charge in [0, 0.05) is 57.7 Å². The largest absolute Gasteiger partial charge is 0.342 e. The minimum absolute atomic E-state index is 0.247. The van der Waals surface area contributed by atoms with Crippen molar-refractivity contribution in [2.45, 2.75) is 57.3 Å². The van der Waals surface area contributed by atoms with Crippen LogP contribution in [0.3, 0.4) is 0 Å². The van der Waals surface area contributed by atoms with Gasteiger partial charge in [-0.3, -0.25) is 4.79 Å². The van der Waals surface area contributed by atoms with Crippen molar-refractivity contribution in [1.82, 2.24) is 24.6 Å². The van der Waals surface area contributed by atoms with Crippen LogP contribution in [0.5, 0.6) is 0 Å². The Labute approximate surface area is 153 Å². The second-order valence-electron chi connectivity index (χ2n) is 7.68. The first-order chi connectivity index (χ1) is 12.7. The van der Waals surface area contributed by atoms with Gasteiger partial charge >= 0.3 is 0 Å². The summed E-state index contributed by atoms with van der Waals surface area (Å²) < 4.78 is 7.36. The normalized spacial score (nSPS) is 20.5. The molecule has 2 aromatic heterocycles. The fourth-order valence-corrected chi connectivity index (χ4v) is 3.74. The van der Waals surface area contributed by atoms with Gasteiger partial charge in [0.2, 0.25) is 11.8 Å². The van der Waals surface area contributed by atoms with Gasteiger partial charge in [0.1, 0.15) is 5.82 Å². The number of imidazole rings is 1. The average Bonchev–Trinajstić information content (AvgIpc) is 3.27. The SMILES string of the molecule is Cn1ccnc1CC1CCCN(C(=O)CCCc2nc(C3CC3)no2)C1. The number of hydrogen-bond acceptors (Lipinski definition) is 5. The van der Waals surface area contributed by atoms with Crippen molar-refractivity contribution < 1.29 is 9.32 Å². The van der Waals surface area contributed by atoms with Crippen LogP contribution in [0.15, 0.2) is 16.9 Å². The standard InChI is InChI=1S/C19H27N5O2/c1-23-11-9-20-16(23)12-14-4-3-10-24(13-14)18(25)6-2-5-17-21-19(22-26-17)15-7-8-15/h9,11,14-15H,2-8,10,12-13H2,1H3. The average molecular weight is 357 g/mol. The van der Waals surface area contributed by atoms with E-state index in [1.54, 1.807) is 0 Å². The predicted octanol–water partition coefficient (Wildman–Crippen LogP) is 2.48. The summed E-state index contributed by atoms with van der Waals surface area (Å²) in [5.74, 6) is 3.89. The van der Waals surface area contributed by atoms with Gasteiger partial charge in [-0.15, -0.1) is 0 Å². The summed E-state index contributed by atoms with van der Waals surface area (Å²) in [6, 6.07) is 0. The predicted molar refractivity (Wildman–Crippen MR) is 95.4 cm³/mol. The van der Waals surface area contributed by atoms with Crippen molar-refractivity contribution in [2.75, 3.05) is 13.1 Å². The Bertz CT molecular complexity index is 749. The number of carbonyl (C=O) groups excluding carboxylic acids is 1. The highest BCUT2D eigenvalue weighted by Gasteiger charge is 2.29. The lowest BCUT2D eigenvalue weighted by atomic mass is 9.94. The number of aromatic nitrogens is 4. The third-order valence-electron chi connectivity index (χ3n) is 5.47. The smallest absolute Gasteiger partial charge is 0.226 e. The van der Waals surface area contributed by atoms with Crippen molar-refractivity contribution in [2.24, 2.45) is 13.0 Å². The van der Waals surface area contributed by atoms with E-state index in [0.717, 1.165) is 44.0 Å². The zero-order valence-corrected chi connectivity index (χ0v) is 15.4. The van der Waals surface area contributed by atoms with Crippen molar-refractivity contribution >= 4 is 5.91 Å². The molecular formula is C19H27N5O2. The lowest BCUT2D eigenvalue weighted by Crippen LogP contribution is -2.40. The molecule has 2 aliphatic rings. The van der Waals surface area contributed by atoms with E-state index in [0.29, 0.717) is 30.6 Å². The molecule has 1 unspecified atom stereocenters. The molecular weight excluding hydrogens is 330 g/mol. The number of rotatable bonds is 7. The van der Waals surface area contributed by atoms with E-state index in [-0.39, 0.29) is 5.91 Å². The Balaban J connectivity index is 1.22. The molecule has 26 heavy (non-hydrogen) atoms. The molecule has 0 radical (unpaired) electrons. The molecule has 1 atom stereocenters. The molecule has 0 bridgehead atoms. The van der Waals surface area contributed by atoms with Crippen LogP contribution in [0.1, 0.15) is 62.0 Å².